The van der Waals surface area contributed by atoms with Gasteiger partial charge in [0, 0.05) is 48.7 Å². The average molecular weight is 336 g/mol. The fourth-order valence-electron chi connectivity index (χ4n) is 3.96. The lowest BCUT2D eigenvalue weighted by atomic mass is 9.96. The van der Waals surface area contributed by atoms with Crippen molar-refractivity contribution < 1.29 is 4.79 Å². The minimum absolute atomic E-state index is 0.125. The van der Waals surface area contributed by atoms with E-state index in [0.29, 0.717) is 12.1 Å². The predicted octanol–water partition coefficient (Wildman–Crippen LogP) is 2.84. The van der Waals surface area contributed by atoms with Gasteiger partial charge < -0.3 is 4.90 Å². The summed E-state index contributed by atoms with van der Waals surface area (Å²) in [4.78, 5) is 25.5. The number of nitrogens with zero attached hydrogens (tertiary/aromatic N) is 4. The zero-order valence-corrected chi connectivity index (χ0v) is 14.6. The molecular formula is C20H24N4O. The van der Waals surface area contributed by atoms with E-state index in [1.165, 1.54) is 32.1 Å². The fraction of sp³-hybridized carbons (Fsp3) is 0.450. The number of carbonyl (C=O) groups excluding carboxylic acids is 1. The molecule has 1 amide bonds. The summed E-state index contributed by atoms with van der Waals surface area (Å²) in [5.74, 6) is 0.125. The van der Waals surface area contributed by atoms with E-state index in [9.17, 15) is 4.79 Å². The molecule has 2 aromatic rings. The Hall–Kier alpha value is -2.27. The van der Waals surface area contributed by atoms with Gasteiger partial charge in [-0.3, -0.25) is 9.69 Å². The molecule has 2 fully saturated rings. The molecule has 0 N–H and O–H groups in total. The highest BCUT2D eigenvalue weighted by Crippen LogP contribution is 2.26. The molecule has 0 radical (unpaired) electrons. The zero-order valence-electron chi connectivity index (χ0n) is 14.6. The molecule has 0 spiro atoms. The van der Waals surface area contributed by atoms with Gasteiger partial charge in [0.25, 0.3) is 5.91 Å². The molecular weight excluding hydrogens is 312 g/mol. The van der Waals surface area contributed by atoms with Gasteiger partial charge in [0.15, 0.2) is 0 Å². The number of benzene rings is 1. The van der Waals surface area contributed by atoms with Crippen molar-refractivity contribution in [2.45, 2.75) is 38.3 Å². The van der Waals surface area contributed by atoms with Gasteiger partial charge in [0.05, 0.1) is 0 Å². The van der Waals surface area contributed by atoms with Crippen molar-refractivity contribution in [3.05, 3.63) is 48.5 Å². The molecule has 0 aliphatic carbocycles. The van der Waals surface area contributed by atoms with Gasteiger partial charge in [-0.2, -0.15) is 0 Å². The number of hydrogen-bond acceptors (Lipinski definition) is 4. The molecule has 2 aliphatic rings. The highest BCUT2D eigenvalue weighted by Gasteiger charge is 2.37. The van der Waals surface area contributed by atoms with Crippen molar-refractivity contribution in [1.29, 1.82) is 0 Å². The zero-order chi connectivity index (χ0) is 17.2. The third-order valence-corrected chi connectivity index (χ3v) is 5.48. The van der Waals surface area contributed by atoms with E-state index in [4.69, 9.17) is 0 Å². The highest BCUT2D eigenvalue weighted by atomic mass is 16.2. The van der Waals surface area contributed by atoms with Crippen molar-refractivity contribution in [3.8, 4) is 11.1 Å². The van der Waals surface area contributed by atoms with Gasteiger partial charge in [-0.25, -0.2) is 9.97 Å². The van der Waals surface area contributed by atoms with E-state index in [2.05, 4.69) is 21.8 Å². The van der Waals surface area contributed by atoms with Gasteiger partial charge in [-0.05, 0) is 44.0 Å². The Bertz CT molecular complexity index is 742. The van der Waals surface area contributed by atoms with Crippen LogP contribution in [0.4, 0.5) is 0 Å². The van der Waals surface area contributed by atoms with Gasteiger partial charge in [0.2, 0.25) is 0 Å². The van der Waals surface area contributed by atoms with E-state index < -0.39 is 0 Å². The molecule has 25 heavy (non-hydrogen) atoms. The maximum Gasteiger partial charge on any atom is 0.253 e. The first-order chi connectivity index (χ1) is 12.2. The normalized spacial score (nSPS) is 21.8. The fourth-order valence-corrected chi connectivity index (χ4v) is 3.96. The molecule has 1 aromatic heterocycles. The number of hydrogen-bond donors (Lipinski definition) is 0. The second kappa shape index (κ2) is 6.92. The Morgan fingerprint density at radius 2 is 1.92 bits per heavy atom. The number of likely N-dealkylation sites (tertiary alicyclic amines) is 2. The van der Waals surface area contributed by atoms with E-state index in [1.54, 1.807) is 12.4 Å². The third-order valence-electron chi connectivity index (χ3n) is 5.48. The van der Waals surface area contributed by atoms with Gasteiger partial charge in [-0.1, -0.05) is 18.6 Å². The van der Waals surface area contributed by atoms with Crippen LogP contribution in [0.3, 0.4) is 0 Å². The molecule has 0 saturated carbocycles. The average Bonchev–Trinajstić information content (AvgIpc) is 2.63. The van der Waals surface area contributed by atoms with E-state index >= 15 is 0 Å². The van der Waals surface area contributed by atoms with Crippen LogP contribution in [-0.4, -0.2) is 57.4 Å². The summed E-state index contributed by atoms with van der Waals surface area (Å²) >= 11 is 0. The summed E-state index contributed by atoms with van der Waals surface area (Å²) in [5.41, 5.74) is 2.65. The second-order valence-corrected chi connectivity index (χ2v) is 7.15. The lowest BCUT2D eigenvalue weighted by Crippen LogP contribution is -2.63. The Morgan fingerprint density at radius 1 is 1.12 bits per heavy atom. The summed E-state index contributed by atoms with van der Waals surface area (Å²) in [7, 11) is 0. The summed E-state index contributed by atoms with van der Waals surface area (Å²) < 4.78 is 0. The molecule has 3 heterocycles. The Balaban J connectivity index is 1.43. The molecule has 1 aromatic carbocycles. The van der Waals surface area contributed by atoms with Crippen molar-refractivity contribution in [3.63, 3.8) is 0 Å². The van der Waals surface area contributed by atoms with Crippen molar-refractivity contribution in [2.75, 3.05) is 19.6 Å². The number of rotatable bonds is 3. The molecule has 0 bridgehead atoms. The first-order valence-corrected chi connectivity index (χ1v) is 9.13. The molecule has 2 saturated heterocycles. The monoisotopic (exact) mass is 336 g/mol. The number of amides is 1. The Labute approximate surface area is 148 Å². The standard InChI is InChI=1S/C20H24N4O/c1-15-5-2-3-8-24(15)19-12-23(13-19)20(25)17-7-4-6-16(9-17)18-10-21-14-22-11-18/h4,6-7,9-11,14-15,19H,2-3,5,8,12-13H2,1H3. The number of aromatic nitrogens is 2. The number of carbonyl (C=O) groups is 1. The molecule has 4 rings (SSSR count). The SMILES string of the molecule is CC1CCCCN1C1CN(C(=O)c2cccc(-c3cncnc3)c2)C1. The summed E-state index contributed by atoms with van der Waals surface area (Å²) in [5, 5.41) is 0. The highest BCUT2D eigenvalue weighted by molar-refractivity contribution is 5.96. The molecule has 2 aliphatic heterocycles. The van der Waals surface area contributed by atoms with E-state index in [0.717, 1.165) is 29.8 Å². The van der Waals surface area contributed by atoms with Crippen LogP contribution >= 0.6 is 0 Å². The van der Waals surface area contributed by atoms with Crippen LogP contribution in [-0.2, 0) is 0 Å². The van der Waals surface area contributed by atoms with Crippen LogP contribution < -0.4 is 0 Å². The van der Waals surface area contributed by atoms with E-state index in [1.807, 2.05) is 29.2 Å². The van der Waals surface area contributed by atoms with Crippen LogP contribution in [0.25, 0.3) is 11.1 Å². The van der Waals surface area contributed by atoms with Crippen molar-refractivity contribution in [2.24, 2.45) is 0 Å². The van der Waals surface area contributed by atoms with Crippen LogP contribution in [0.5, 0.6) is 0 Å². The van der Waals surface area contributed by atoms with Gasteiger partial charge in [0.1, 0.15) is 6.33 Å². The molecule has 130 valence electrons. The summed E-state index contributed by atoms with van der Waals surface area (Å²) in [6.45, 7) is 5.19. The minimum Gasteiger partial charge on any atom is -0.335 e. The van der Waals surface area contributed by atoms with Crippen molar-refractivity contribution >= 4 is 5.91 Å². The number of piperidine rings is 1. The quantitative estimate of drug-likeness (QED) is 0.865. The Morgan fingerprint density at radius 3 is 2.68 bits per heavy atom. The smallest absolute Gasteiger partial charge is 0.253 e. The Kier molecular flexibility index (Phi) is 4.49. The lowest BCUT2D eigenvalue weighted by molar-refractivity contribution is 0.00213. The maximum absolute atomic E-state index is 12.8. The molecule has 1 unspecified atom stereocenters. The minimum atomic E-state index is 0.125. The molecule has 5 nitrogen and oxygen atoms in total. The summed E-state index contributed by atoms with van der Waals surface area (Å²) in [6, 6.07) is 8.94. The van der Waals surface area contributed by atoms with Gasteiger partial charge in [-0.15, -0.1) is 0 Å². The van der Waals surface area contributed by atoms with Crippen LogP contribution in [0.2, 0.25) is 0 Å². The summed E-state index contributed by atoms with van der Waals surface area (Å²) in [6.07, 6.45) is 8.97. The largest absolute Gasteiger partial charge is 0.335 e. The van der Waals surface area contributed by atoms with Crippen LogP contribution in [0, 0.1) is 0 Å². The first-order valence-electron chi connectivity index (χ1n) is 9.13. The van der Waals surface area contributed by atoms with Crippen LogP contribution in [0.15, 0.2) is 43.0 Å². The predicted molar refractivity (Wildman–Crippen MR) is 97.2 cm³/mol. The van der Waals surface area contributed by atoms with Crippen LogP contribution in [0.1, 0.15) is 36.5 Å². The van der Waals surface area contributed by atoms with Gasteiger partial charge >= 0.3 is 0 Å². The molecule has 1 atom stereocenters. The maximum atomic E-state index is 12.8. The molecule has 5 heteroatoms. The first kappa shape index (κ1) is 16.2. The van der Waals surface area contributed by atoms with E-state index in [-0.39, 0.29) is 5.91 Å². The lowest BCUT2D eigenvalue weighted by Gasteiger charge is -2.49. The topological polar surface area (TPSA) is 49.3 Å². The van der Waals surface area contributed by atoms with Crippen molar-refractivity contribution in [1.82, 2.24) is 19.8 Å². The third kappa shape index (κ3) is 3.29. The second-order valence-electron chi connectivity index (χ2n) is 7.15.